The summed E-state index contributed by atoms with van der Waals surface area (Å²) in [5.74, 6) is 2.64. The summed E-state index contributed by atoms with van der Waals surface area (Å²) in [5, 5.41) is 0. The lowest BCUT2D eigenvalue weighted by molar-refractivity contribution is 0.121. The van der Waals surface area contributed by atoms with Crippen LogP contribution in [0, 0.1) is 5.92 Å². The lowest BCUT2D eigenvalue weighted by Gasteiger charge is -2.29. The Morgan fingerprint density at radius 1 is 0.750 bits per heavy atom. The highest BCUT2D eigenvalue weighted by Crippen LogP contribution is 2.38. The quantitative estimate of drug-likeness (QED) is 0.174. The second-order valence-electron chi connectivity index (χ2n) is 9.44. The van der Waals surface area contributed by atoms with Gasteiger partial charge >= 0.3 is 8.80 Å². The molecule has 2 rings (SSSR count). The molecule has 184 valence electrons. The van der Waals surface area contributed by atoms with Crippen molar-refractivity contribution in [3.05, 3.63) is 29.8 Å². The fraction of sp³-hybridized carbons (Fsp3) is 0.778. The van der Waals surface area contributed by atoms with Crippen LogP contribution in [-0.2, 0) is 13.3 Å². The average molecular weight is 465 g/mol. The number of ether oxygens (including phenoxy) is 1. The molecule has 0 unspecified atom stereocenters. The smallest absolute Gasteiger partial charge is 0.494 e. The number of hydrogen-bond acceptors (Lipinski definition) is 4. The van der Waals surface area contributed by atoms with E-state index in [4.69, 9.17) is 18.0 Å². The van der Waals surface area contributed by atoms with Crippen molar-refractivity contribution in [1.82, 2.24) is 0 Å². The van der Waals surface area contributed by atoms with Crippen molar-refractivity contribution in [1.29, 1.82) is 0 Å². The number of unbranched alkanes of at least 4 members (excludes halogenated alkanes) is 6. The Balaban J connectivity index is 1.61. The number of rotatable bonds is 17. The van der Waals surface area contributed by atoms with Crippen molar-refractivity contribution in [3.63, 3.8) is 0 Å². The minimum Gasteiger partial charge on any atom is -0.494 e. The van der Waals surface area contributed by atoms with Gasteiger partial charge in [0.1, 0.15) is 5.75 Å². The molecule has 32 heavy (non-hydrogen) atoms. The maximum absolute atomic E-state index is 5.94. The molecule has 1 saturated carbocycles. The molecule has 0 heterocycles. The Morgan fingerprint density at radius 2 is 1.34 bits per heavy atom. The van der Waals surface area contributed by atoms with Crippen LogP contribution in [0.2, 0.25) is 6.04 Å². The molecule has 0 N–H and O–H groups in total. The molecule has 0 spiro atoms. The van der Waals surface area contributed by atoms with E-state index in [0.29, 0.717) is 6.61 Å². The van der Waals surface area contributed by atoms with E-state index >= 15 is 0 Å². The van der Waals surface area contributed by atoms with E-state index in [9.17, 15) is 0 Å². The summed E-state index contributed by atoms with van der Waals surface area (Å²) in [7, 11) is 2.47. The third-order valence-corrected chi connectivity index (χ3v) is 10.1. The molecule has 0 aromatic heterocycles. The van der Waals surface area contributed by atoms with Crippen LogP contribution in [0.1, 0.15) is 102 Å². The molecule has 0 radical (unpaired) electrons. The normalized spacial score (nSPS) is 19.2. The van der Waals surface area contributed by atoms with Crippen LogP contribution in [0.4, 0.5) is 0 Å². The lowest BCUT2D eigenvalue weighted by Crippen LogP contribution is -2.42. The highest BCUT2D eigenvalue weighted by Gasteiger charge is 2.36. The third-order valence-electron chi connectivity index (χ3n) is 7.24. The molecule has 1 aromatic rings. The number of hydrogen-bond donors (Lipinski definition) is 0. The standard InChI is InChI=1S/C27H48O4Si/c1-5-6-7-8-9-10-11-13-24-14-16-25(17-15-24)26-18-20-27(21-19-26)31-22-12-23-32(28-2,29-3)30-4/h18-21,24-25H,5-17,22-23H2,1-4H3. The van der Waals surface area contributed by atoms with Gasteiger partial charge in [0.05, 0.1) is 6.61 Å². The minimum atomic E-state index is -2.49. The zero-order chi connectivity index (χ0) is 23.1. The molecule has 0 amide bonds. The topological polar surface area (TPSA) is 36.9 Å². The molecule has 5 heteroatoms. The van der Waals surface area contributed by atoms with Gasteiger partial charge in [0, 0.05) is 27.4 Å². The van der Waals surface area contributed by atoms with Crippen molar-refractivity contribution in [2.75, 3.05) is 27.9 Å². The summed E-state index contributed by atoms with van der Waals surface area (Å²) in [5.41, 5.74) is 1.48. The third kappa shape index (κ3) is 9.54. The van der Waals surface area contributed by atoms with Crippen LogP contribution in [0.25, 0.3) is 0 Å². The predicted molar refractivity (Wildman–Crippen MR) is 135 cm³/mol. The van der Waals surface area contributed by atoms with E-state index in [1.807, 2.05) is 0 Å². The zero-order valence-corrected chi connectivity index (χ0v) is 22.2. The first kappa shape index (κ1) is 27.4. The van der Waals surface area contributed by atoms with E-state index in [-0.39, 0.29) is 0 Å². The van der Waals surface area contributed by atoms with Gasteiger partial charge in [0.2, 0.25) is 0 Å². The van der Waals surface area contributed by atoms with E-state index in [0.717, 1.165) is 30.1 Å². The predicted octanol–water partition coefficient (Wildman–Crippen LogP) is 7.75. The van der Waals surface area contributed by atoms with Crippen molar-refractivity contribution in [2.24, 2.45) is 5.92 Å². The Hall–Kier alpha value is -0.883. The maximum atomic E-state index is 5.94. The molecular weight excluding hydrogens is 416 g/mol. The molecular formula is C27H48O4Si. The fourth-order valence-corrected chi connectivity index (χ4v) is 6.74. The van der Waals surface area contributed by atoms with E-state index < -0.39 is 8.80 Å². The van der Waals surface area contributed by atoms with E-state index in [2.05, 4.69) is 31.2 Å². The first-order valence-electron chi connectivity index (χ1n) is 13.0. The summed E-state index contributed by atoms with van der Waals surface area (Å²) in [6.45, 7) is 2.94. The van der Waals surface area contributed by atoms with Crippen LogP contribution < -0.4 is 4.74 Å². The average Bonchev–Trinajstić information content (AvgIpc) is 2.85. The van der Waals surface area contributed by atoms with Crippen LogP contribution in [0.3, 0.4) is 0 Å². The Labute approximate surface area is 198 Å². The first-order valence-corrected chi connectivity index (χ1v) is 15.0. The van der Waals surface area contributed by atoms with Gasteiger partial charge in [-0.1, -0.05) is 70.4 Å². The van der Waals surface area contributed by atoms with Crippen LogP contribution in [0.5, 0.6) is 5.75 Å². The van der Waals surface area contributed by atoms with Crippen LogP contribution in [0.15, 0.2) is 24.3 Å². The summed E-state index contributed by atoms with van der Waals surface area (Å²) < 4.78 is 22.3. The second-order valence-corrected chi connectivity index (χ2v) is 12.5. The van der Waals surface area contributed by atoms with Gasteiger partial charge in [-0.15, -0.1) is 0 Å². The second kappa shape index (κ2) is 15.9. The van der Waals surface area contributed by atoms with E-state index in [1.165, 1.54) is 82.6 Å². The first-order chi connectivity index (χ1) is 15.7. The van der Waals surface area contributed by atoms with Crippen molar-refractivity contribution < 1.29 is 18.0 Å². The van der Waals surface area contributed by atoms with Crippen molar-refractivity contribution in [3.8, 4) is 5.75 Å². The Bertz CT molecular complexity index is 572. The van der Waals surface area contributed by atoms with Gasteiger partial charge < -0.3 is 18.0 Å². The molecule has 0 bridgehead atoms. The van der Waals surface area contributed by atoms with E-state index in [1.54, 1.807) is 21.3 Å². The molecule has 1 aromatic carbocycles. The highest BCUT2D eigenvalue weighted by molar-refractivity contribution is 6.60. The maximum Gasteiger partial charge on any atom is 0.500 e. The Morgan fingerprint density at radius 3 is 1.94 bits per heavy atom. The van der Waals surface area contributed by atoms with Gasteiger partial charge in [-0.2, -0.15) is 0 Å². The fourth-order valence-electron chi connectivity index (χ4n) is 5.05. The monoisotopic (exact) mass is 464 g/mol. The van der Waals surface area contributed by atoms with Gasteiger partial charge in [0.15, 0.2) is 0 Å². The molecule has 1 fully saturated rings. The summed E-state index contributed by atoms with van der Waals surface area (Å²) >= 11 is 0. The van der Waals surface area contributed by atoms with Gasteiger partial charge in [-0.25, -0.2) is 0 Å². The zero-order valence-electron chi connectivity index (χ0n) is 21.2. The van der Waals surface area contributed by atoms with Gasteiger partial charge in [-0.3, -0.25) is 0 Å². The SMILES string of the molecule is CCCCCCCCCC1CCC(c2ccc(OCCC[Si](OC)(OC)OC)cc2)CC1. The van der Waals surface area contributed by atoms with Crippen LogP contribution in [-0.4, -0.2) is 36.7 Å². The highest BCUT2D eigenvalue weighted by atomic mass is 28.4. The summed E-state index contributed by atoms with van der Waals surface area (Å²) in [6, 6.07) is 9.57. The van der Waals surface area contributed by atoms with Crippen LogP contribution >= 0.6 is 0 Å². The molecule has 0 saturated heterocycles. The summed E-state index contributed by atoms with van der Waals surface area (Å²) in [4.78, 5) is 0. The van der Waals surface area contributed by atoms with Crippen molar-refractivity contribution >= 4 is 8.80 Å². The minimum absolute atomic E-state index is 0.647. The Kier molecular flexibility index (Phi) is 13.6. The molecule has 1 aliphatic rings. The molecule has 0 atom stereocenters. The number of benzene rings is 1. The van der Waals surface area contributed by atoms with Gasteiger partial charge in [-0.05, 0) is 61.6 Å². The molecule has 1 aliphatic carbocycles. The van der Waals surface area contributed by atoms with Crippen molar-refractivity contribution in [2.45, 2.75) is 102 Å². The molecule has 0 aliphatic heterocycles. The lowest BCUT2D eigenvalue weighted by atomic mass is 9.77. The van der Waals surface area contributed by atoms with Gasteiger partial charge in [0.25, 0.3) is 0 Å². The molecule has 4 nitrogen and oxygen atoms in total. The largest absolute Gasteiger partial charge is 0.500 e. The summed E-state index contributed by atoms with van der Waals surface area (Å²) in [6.07, 6.45) is 17.8.